The largest absolute Gasteiger partial charge is 0.388 e. The molecule has 1 unspecified atom stereocenters. The van der Waals surface area contributed by atoms with Gasteiger partial charge in [0.1, 0.15) is 0 Å². The van der Waals surface area contributed by atoms with Crippen molar-refractivity contribution in [3.05, 3.63) is 33.9 Å². The van der Waals surface area contributed by atoms with Crippen LogP contribution in [-0.2, 0) is 0 Å². The lowest BCUT2D eigenvalue weighted by molar-refractivity contribution is -0.385. The molecule has 0 saturated carbocycles. The van der Waals surface area contributed by atoms with E-state index in [1.165, 1.54) is 6.07 Å². The Balaban J connectivity index is 2.68. The van der Waals surface area contributed by atoms with Crippen molar-refractivity contribution in [3.8, 4) is 0 Å². The molecule has 0 fully saturated rings. The maximum absolute atomic E-state index is 11.7. The third-order valence-electron chi connectivity index (χ3n) is 3.51. The maximum atomic E-state index is 11.7. The molecule has 2 amide bonds. The van der Waals surface area contributed by atoms with Crippen molar-refractivity contribution in [2.45, 2.75) is 33.3 Å². The highest BCUT2D eigenvalue weighted by Gasteiger charge is 2.25. The van der Waals surface area contributed by atoms with Crippen molar-refractivity contribution < 1.29 is 14.8 Å². The fourth-order valence-corrected chi connectivity index (χ4v) is 1.52. The number of aliphatic hydroxyl groups is 1. The summed E-state index contributed by atoms with van der Waals surface area (Å²) in [4.78, 5) is 22.1. The zero-order valence-corrected chi connectivity index (χ0v) is 12.6. The number of nitro benzene ring substituents is 1. The molecule has 0 saturated heterocycles. The second-order valence-corrected chi connectivity index (χ2v) is 5.58. The van der Waals surface area contributed by atoms with Crippen molar-refractivity contribution in [2.75, 3.05) is 11.9 Å². The lowest BCUT2D eigenvalue weighted by Gasteiger charge is -2.27. The number of rotatable bonds is 5. The molecule has 1 atom stereocenters. The van der Waals surface area contributed by atoms with Crippen LogP contribution in [0.3, 0.4) is 0 Å². The van der Waals surface area contributed by atoms with Gasteiger partial charge >= 0.3 is 6.03 Å². The fourth-order valence-electron chi connectivity index (χ4n) is 1.52. The quantitative estimate of drug-likeness (QED) is 0.573. The van der Waals surface area contributed by atoms with E-state index in [0.717, 1.165) is 0 Å². The molecule has 116 valence electrons. The van der Waals surface area contributed by atoms with Crippen molar-refractivity contribution in [2.24, 2.45) is 5.92 Å². The predicted molar refractivity (Wildman–Crippen MR) is 80.3 cm³/mol. The van der Waals surface area contributed by atoms with E-state index in [0.29, 0.717) is 11.3 Å². The van der Waals surface area contributed by atoms with Gasteiger partial charge in [0.15, 0.2) is 0 Å². The highest BCUT2D eigenvalue weighted by Crippen LogP contribution is 2.22. The molecule has 0 bridgehead atoms. The van der Waals surface area contributed by atoms with Gasteiger partial charge < -0.3 is 15.7 Å². The summed E-state index contributed by atoms with van der Waals surface area (Å²) in [6.07, 6.45) is 0. The molecule has 21 heavy (non-hydrogen) atoms. The van der Waals surface area contributed by atoms with Gasteiger partial charge in [-0.15, -0.1) is 0 Å². The number of aryl methyl sites for hydroxylation is 1. The maximum Gasteiger partial charge on any atom is 0.319 e. The van der Waals surface area contributed by atoms with Gasteiger partial charge in [-0.3, -0.25) is 10.1 Å². The molecule has 0 heterocycles. The predicted octanol–water partition coefficient (Wildman–Crippen LogP) is 2.43. The van der Waals surface area contributed by atoms with Crippen LogP contribution in [0.2, 0.25) is 0 Å². The Morgan fingerprint density at radius 2 is 2.10 bits per heavy atom. The molecule has 3 N–H and O–H groups in total. The third-order valence-corrected chi connectivity index (χ3v) is 3.51. The average molecular weight is 295 g/mol. The van der Waals surface area contributed by atoms with Gasteiger partial charge in [0.05, 0.1) is 10.5 Å². The summed E-state index contributed by atoms with van der Waals surface area (Å²) in [6.45, 7) is 7.05. The van der Waals surface area contributed by atoms with E-state index in [4.69, 9.17) is 0 Å². The average Bonchev–Trinajstić information content (AvgIpc) is 2.38. The lowest BCUT2D eigenvalue weighted by atomic mass is 9.93. The molecular weight excluding hydrogens is 274 g/mol. The minimum atomic E-state index is -1.02. The number of hydrogen-bond donors (Lipinski definition) is 3. The Morgan fingerprint density at radius 3 is 2.62 bits per heavy atom. The zero-order chi connectivity index (χ0) is 16.2. The molecule has 0 aliphatic heterocycles. The molecule has 1 aromatic rings. The highest BCUT2D eigenvalue weighted by molar-refractivity contribution is 5.89. The zero-order valence-electron chi connectivity index (χ0n) is 12.6. The van der Waals surface area contributed by atoms with Crippen molar-refractivity contribution in [1.29, 1.82) is 0 Å². The monoisotopic (exact) mass is 295 g/mol. The normalized spacial score (nSPS) is 13.6. The first-order valence-corrected chi connectivity index (χ1v) is 6.66. The van der Waals surface area contributed by atoms with Gasteiger partial charge in [0, 0.05) is 23.9 Å². The number of carbonyl (C=O) groups excluding carboxylic acids is 1. The summed E-state index contributed by atoms with van der Waals surface area (Å²) in [6, 6.07) is 3.94. The summed E-state index contributed by atoms with van der Waals surface area (Å²) in [5.41, 5.74) is -0.221. The fraction of sp³-hybridized carbons (Fsp3) is 0.500. The Morgan fingerprint density at radius 1 is 1.48 bits per heavy atom. The summed E-state index contributed by atoms with van der Waals surface area (Å²) >= 11 is 0. The van der Waals surface area contributed by atoms with Crippen LogP contribution in [0.15, 0.2) is 18.2 Å². The van der Waals surface area contributed by atoms with E-state index in [1.807, 2.05) is 13.8 Å². The number of carbonyl (C=O) groups is 1. The summed E-state index contributed by atoms with van der Waals surface area (Å²) in [5.74, 6) is -0.0155. The summed E-state index contributed by atoms with van der Waals surface area (Å²) in [5, 5.41) is 25.9. The lowest BCUT2D eigenvalue weighted by Crippen LogP contribution is -2.45. The van der Waals surface area contributed by atoms with Crippen LogP contribution in [0.1, 0.15) is 26.3 Å². The molecule has 0 aliphatic carbocycles. The van der Waals surface area contributed by atoms with Gasteiger partial charge in [-0.05, 0) is 25.8 Å². The second kappa shape index (κ2) is 6.53. The molecule has 1 rings (SSSR count). The SMILES string of the molecule is Cc1ccc(NC(=O)NCC(C)(O)C(C)C)cc1[N+](=O)[O-]. The Bertz CT molecular complexity index is 541. The molecule has 0 aliphatic rings. The van der Waals surface area contributed by atoms with Crippen molar-refractivity contribution in [3.63, 3.8) is 0 Å². The number of urea groups is 1. The van der Waals surface area contributed by atoms with E-state index in [9.17, 15) is 20.0 Å². The van der Waals surface area contributed by atoms with E-state index >= 15 is 0 Å². The van der Waals surface area contributed by atoms with Crippen LogP contribution >= 0.6 is 0 Å². The molecule has 7 heteroatoms. The number of nitro groups is 1. The first-order valence-electron chi connectivity index (χ1n) is 6.66. The summed E-state index contributed by atoms with van der Waals surface area (Å²) in [7, 11) is 0. The van der Waals surface area contributed by atoms with E-state index in [1.54, 1.807) is 26.0 Å². The molecule has 1 aromatic carbocycles. The minimum absolute atomic E-state index is 0.0155. The van der Waals surface area contributed by atoms with Gasteiger partial charge in [-0.2, -0.15) is 0 Å². The Hall–Kier alpha value is -2.15. The van der Waals surface area contributed by atoms with Crippen LogP contribution in [-0.4, -0.2) is 28.2 Å². The molecule has 0 aromatic heterocycles. The topological polar surface area (TPSA) is 104 Å². The third kappa shape index (κ3) is 4.71. The standard InChI is InChI=1S/C14H21N3O4/c1-9(2)14(4,19)8-15-13(18)16-11-6-5-10(3)12(7-11)17(20)21/h5-7,9,19H,8H2,1-4H3,(H2,15,16,18). The highest BCUT2D eigenvalue weighted by atomic mass is 16.6. The van der Waals surface area contributed by atoms with Crippen LogP contribution in [0, 0.1) is 23.0 Å². The van der Waals surface area contributed by atoms with E-state index in [-0.39, 0.29) is 18.2 Å². The van der Waals surface area contributed by atoms with Crippen LogP contribution in [0.5, 0.6) is 0 Å². The number of nitrogens with one attached hydrogen (secondary N) is 2. The van der Waals surface area contributed by atoms with E-state index < -0.39 is 16.6 Å². The number of nitrogens with zero attached hydrogens (tertiary/aromatic N) is 1. The molecular formula is C14H21N3O4. The number of anilines is 1. The van der Waals surface area contributed by atoms with Gasteiger partial charge in [0.25, 0.3) is 5.69 Å². The minimum Gasteiger partial charge on any atom is -0.388 e. The number of amides is 2. The second-order valence-electron chi connectivity index (χ2n) is 5.58. The first kappa shape index (κ1) is 16.9. The van der Waals surface area contributed by atoms with Gasteiger partial charge in [-0.25, -0.2) is 4.79 Å². The van der Waals surface area contributed by atoms with Crippen LogP contribution in [0.4, 0.5) is 16.2 Å². The van der Waals surface area contributed by atoms with Crippen molar-refractivity contribution >= 4 is 17.4 Å². The van der Waals surface area contributed by atoms with Crippen molar-refractivity contribution in [1.82, 2.24) is 5.32 Å². The number of benzene rings is 1. The molecule has 0 radical (unpaired) electrons. The van der Waals surface area contributed by atoms with Crippen LogP contribution < -0.4 is 10.6 Å². The van der Waals surface area contributed by atoms with Crippen LogP contribution in [0.25, 0.3) is 0 Å². The van der Waals surface area contributed by atoms with E-state index in [2.05, 4.69) is 10.6 Å². The first-order chi connectivity index (χ1) is 9.63. The van der Waals surface area contributed by atoms with Gasteiger partial charge in [0.2, 0.25) is 0 Å². The molecule has 0 spiro atoms. The Labute approximate surface area is 123 Å². The summed E-state index contributed by atoms with van der Waals surface area (Å²) < 4.78 is 0. The smallest absolute Gasteiger partial charge is 0.319 e. The Kier molecular flexibility index (Phi) is 5.26. The number of hydrogen-bond acceptors (Lipinski definition) is 4. The van der Waals surface area contributed by atoms with Gasteiger partial charge in [-0.1, -0.05) is 19.9 Å². The molecule has 7 nitrogen and oxygen atoms in total.